The van der Waals surface area contributed by atoms with Crippen molar-refractivity contribution in [2.24, 2.45) is 5.92 Å². The number of fused-ring (bicyclic) bond motifs is 1. The first-order chi connectivity index (χ1) is 17.2. The Hall–Kier alpha value is -3.45. The number of carbonyl (C=O) groups excluding carboxylic acids is 2. The van der Waals surface area contributed by atoms with Crippen LogP contribution in [-0.2, 0) is 16.0 Å². The van der Waals surface area contributed by atoms with Gasteiger partial charge in [0.15, 0.2) is 0 Å². The van der Waals surface area contributed by atoms with Gasteiger partial charge in [-0.1, -0.05) is 30.3 Å². The van der Waals surface area contributed by atoms with Crippen molar-refractivity contribution in [3.8, 4) is 5.75 Å². The monoisotopic (exact) mass is 473 g/mol. The Balaban J connectivity index is 1.27. The summed E-state index contributed by atoms with van der Waals surface area (Å²) in [4.78, 5) is 33.4. The highest BCUT2D eigenvalue weighted by atomic mass is 16.5. The molecule has 0 saturated carbocycles. The van der Waals surface area contributed by atoms with Crippen molar-refractivity contribution < 1.29 is 19.1 Å². The van der Waals surface area contributed by atoms with Crippen LogP contribution >= 0.6 is 0 Å². The number of amides is 2. The summed E-state index contributed by atoms with van der Waals surface area (Å²) in [7, 11) is 0. The van der Waals surface area contributed by atoms with E-state index in [2.05, 4.69) is 29.2 Å². The molecule has 3 aromatic rings. The Morgan fingerprint density at radius 1 is 1.11 bits per heavy atom. The second-order valence-corrected chi connectivity index (χ2v) is 9.24. The minimum absolute atomic E-state index is 0.0459. The zero-order valence-corrected chi connectivity index (χ0v) is 19.9. The molecule has 0 radical (unpaired) electrons. The quantitative estimate of drug-likeness (QED) is 0.525. The first-order valence-electron chi connectivity index (χ1n) is 12.4. The average molecular weight is 474 g/mol. The van der Waals surface area contributed by atoms with Gasteiger partial charge in [-0.05, 0) is 42.0 Å². The Morgan fingerprint density at radius 2 is 2.03 bits per heavy atom. The van der Waals surface area contributed by atoms with Gasteiger partial charge in [0.1, 0.15) is 12.4 Å². The lowest BCUT2D eigenvalue weighted by molar-refractivity contribution is -0.128. The summed E-state index contributed by atoms with van der Waals surface area (Å²) in [5.74, 6) is 0.883. The van der Waals surface area contributed by atoms with Gasteiger partial charge in [-0.15, -0.1) is 0 Å². The minimum Gasteiger partial charge on any atom is -0.491 e. The zero-order valence-electron chi connectivity index (χ0n) is 19.9. The van der Waals surface area contributed by atoms with Crippen molar-refractivity contribution in [1.29, 1.82) is 0 Å². The van der Waals surface area contributed by atoms with E-state index in [1.807, 2.05) is 46.5 Å². The molecule has 35 heavy (non-hydrogen) atoms. The molecule has 2 aliphatic heterocycles. The molecule has 1 aromatic heterocycles. The molecule has 5 rings (SSSR count). The van der Waals surface area contributed by atoms with Gasteiger partial charge in [-0.2, -0.15) is 0 Å². The molecule has 2 fully saturated rings. The van der Waals surface area contributed by atoms with Crippen molar-refractivity contribution in [1.82, 2.24) is 14.8 Å². The number of rotatable bonds is 7. The van der Waals surface area contributed by atoms with E-state index in [-0.39, 0.29) is 17.7 Å². The molecular formula is C28H31N3O4. The first kappa shape index (κ1) is 23.3. The topological polar surface area (TPSA) is 72.0 Å². The van der Waals surface area contributed by atoms with Crippen LogP contribution in [0.25, 0.3) is 10.8 Å². The van der Waals surface area contributed by atoms with E-state index < -0.39 is 0 Å². The van der Waals surface area contributed by atoms with Gasteiger partial charge in [0.2, 0.25) is 5.91 Å². The van der Waals surface area contributed by atoms with E-state index in [4.69, 9.17) is 9.47 Å². The summed E-state index contributed by atoms with van der Waals surface area (Å²) in [5.41, 5.74) is 1.80. The van der Waals surface area contributed by atoms with Gasteiger partial charge < -0.3 is 19.3 Å². The summed E-state index contributed by atoms with van der Waals surface area (Å²) < 4.78 is 11.9. The van der Waals surface area contributed by atoms with Gasteiger partial charge >= 0.3 is 0 Å². The molecular weight excluding hydrogens is 442 g/mol. The Bertz CT molecular complexity index is 1190. The molecule has 1 atom stereocenters. The maximum atomic E-state index is 13.6. The molecule has 0 bridgehead atoms. The summed E-state index contributed by atoms with van der Waals surface area (Å²) in [5, 5.41) is 2.31. The number of likely N-dealkylation sites (tertiary alicyclic amines) is 1. The summed E-state index contributed by atoms with van der Waals surface area (Å²) in [6.45, 7) is 4.00. The third-order valence-electron chi connectivity index (χ3n) is 6.81. The van der Waals surface area contributed by atoms with E-state index in [1.165, 1.54) is 10.9 Å². The van der Waals surface area contributed by atoms with E-state index in [0.717, 1.165) is 24.8 Å². The fourth-order valence-corrected chi connectivity index (χ4v) is 5.01. The third kappa shape index (κ3) is 5.46. The zero-order chi connectivity index (χ0) is 24.0. The van der Waals surface area contributed by atoms with Crippen molar-refractivity contribution in [2.75, 3.05) is 46.0 Å². The molecule has 2 saturated heterocycles. The lowest BCUT2D eigenvalue weighted by atomic mass is 9.95. The van der Waals surface area contributed by atoms with Crippen molar-refractivity contribution in [3.63, 3.8) is 0 Å². The fraction of sp³-hybridized carbons (Fsp3) is 0.393. The molecule has 0 aliphatic carbocycles. The normalized spacial score (nSPS) is 18.6. The van der Waals surface area contributed by atoms with E-state index in [0.29, 0.717) is 57.2 Å². The molecule has 2 amide bonds. The Kier molecular flexibility index (Phi) is 7.23. The number of nitrogens with zero attached hydrogens (tertiary/aromatic N) is 3. The number of para-hydroxylation sites is 1. The van der Waals surface area contributed by atoms with Crippen molar-refractivity contribution >= 4 is 22.6 Å². The summed E-state index contributed by atoms with van der Waals surface area (Å²) in [6.07, 6.45) is 6.05. The van der Waals surface area contributed by atoms with Crippen LogP contribution < -0.4 is 4.74 Å². The molecule has 0 spiro atoms. The van der Waals surface area contributed by atoms with Crippen LogP contribution in [0, 0.1) is 5.92 Å². The van der Waals surface area contributed by atoms with Crippen LogP contribution in [-0.4, -0.2) is 72.6 Å². The average Bonchev–Trinajstić information content (AvgIpc) is 3.15. The highest BCUT2D eigenvalue weighted by Gasteiger charge is 2.26. The van der Waals surface area contributed by atoms with Gasteiger partial charge in [0.25, 0.3) is 5.91 Å². The maximum Gasteiger partial charge on any atom is 0.257 e. The van der Waals surface area contributed by atoms with Gasteiger partial charge in [0.05, 0.1) is 25.3 Å². The molecule has 7 nitrogen and oxygen atoms in total. The standard InChI is InChI=1S/C28H31N3O4/c32-27-9-4-12-30(27)14-16-35-26-8-2-1-7-25(26)28(33)31-13-15-34-20-21(19-31)17-22-5-3-6-23-18-29-11-10-24(22)23/h1-3,5-8,10-11,18,21H,4,9,12-17,19-20H2/t21-/m1/s1. The van der Waals surface area contributed by atoms with Crippen molar-refractivity contribution in [2.45, 2.75) is 19.3 Å². The van der Waals surface area contributed by atoms with Gasteiger partial charge in [0, 0.05) is 49.8 Å². The minimum atomic E-state index is -0.0459. The van der Waals surface area contributed by atoms with Crippen LogP contribution in [0.4, 0.5) is 0 Å². The highest BCUT2D eigenvalue weighted by molar-refractivity contribution is 5.97. The van der Waals surface area contributed by atoms with Crippen LogP contribution in [0.3, 0.4) is 0 Å². The number of hydrogen-bond acceptors (Lipinski definition) is 5. The summed E-state index contributed by atoms with van der Waals surface area (Å²) in [6, 6.07) is 15.7. The Morgan fingerprint density at radius 3 is 2.91 bits per heavy atom. The number of benzene rings is 2. The second-order valence-electron chi connectivity index (χ2n) is 9.24. The lowest BCUT2D eigenvalue weighted by Gasteiger charge is -2.25. The van der Waals surface area contributed by atoms with E-state index in [9.17, 15) is 9.59 Å². The lowest BCUT2D eigenvalue weighted by Crippen LogP contribution is -2.36. The van der Waals surface area contributed by atoms with E-state index in [1.54, 1.807) is 0 Å². The van der Waals surface area contributed by atoms with Crippen LogP contribution in [0.15, 0.2) is 60.9 Å². The molecule has 2 aliphatic rings. The predicted molar refractivity (Wildman–Crippen MR) is 133 cm³/mol. The molecule has 182 valence electrons. The first-order valence-corrected chi connectivity index (χ1v) is 12.4. The van der Waals surface area contributed by atoms with Crippen LogP contribution in [0.2, 0.25) is 0 Å². The Labute approximate surface area is 205 Å². The molecule has 0 unspecified atom stereocenters. The van der Waals surface area contributed by atoms with Crippen LogP contribution in [0.5, 0.6) is 5.75 Å². The van der Waals surface area contributed by atoms with E-state index >= 15 is 0 Å². The van der Waals surface area contributed by atoms with Gasteiger partial charge in [-0.25, -0.2) is 0 Å². The SMILES string of the molecule is O=C1CCCN1CCOc1ccccc1C(=O)N1CCOC[C@H](Cc2cccc3cnccc23)C1. The maximum absolute atomic E-state index is 13.6. The third-order valence-corrected chi connectivity index (χ3v) is 6.81. The largest absolute Gasteiger partial charge is 0.491 e. The number of hydrogen-bond donors (Lipinski definition) is 0. The number of aromatic nitrogens is 1. The van der Waals surface area contributed by atoms with Crippen LogP contribution in [0.1, 0.15) is 28.8 Å². The smallest absolute Gasteiger partial charge is 0.257 e. The predicted octanol–water partition coefficient (Wildman–Crippen LogP) is 3.57. The van der Waals surface area contributed by atoms with Crippen molar-refractivity contribution in [3.05, 3.63) is 72.1 Å². The second kappa shape index (κ2) is 10.9. The fourth-order valence-electron chi connectivity index (χ4n) is 5.01. The molecule has 0 N–H and O–H groups in total. The summed E-state index contributed by atoms with van der Waals surface area (Å²) >= 11 is 0. The molecule has 3 heterocycles. The highest BCUT2D eigenvalue weighted by Crippen LogP contribution is 2.25. The van der Waals surface area contributed by atoms with Gasteiger partial charge in [-0.3, -0.25) is 14.6 Å². The number of pyridine rings is 1. The molecule has 7 heteroatoms. The number of carbonyl (C=O) groups is 2. The molecule has 2 aromatic carbocycles. The number of ether oxygens (including phenoxy) is 2.